The topological polar surface area (TPSA) is 82.2 Å². The molecule has 5 heteroatoms. The Bertz CT molecular complexity index is 661. The van der Waals surface area contributed by atoms with Gasteiger partial charge >= 0.3 is 5.97 Å². The van der Waals surface area contributed by atoms with E-state index in [1.807, 2.05) is 31.3 Å². The van der Waals surface area contributed by atoms with Gasteiger partial charge in [-0.25, -0.2) is 0 Å². The van der Waals surface area contributed by atoms with Crippen molar-refractivity contribution < 1.29 is 14.7 Å². The van der Waals surface area contributed by atoms with Crippen molar-refractivity contribution >= 4 is 22.8 Å². The summed E-state index contributed by atoms with van der Waals surface area (Å²) in [4.78, 5) is 25.6. The number of H-pyrrole nitrogens is 1. The Morgan fingerprint density at radius 2 is 2.05 bits per heavy atom. The molecule has 22 heavy (non-hydrogen) atoms. The van der Waals surface area contributed by atoms with Crippen molar-refractivity contribution in [3.63, 3.8) is 0 Å². The molecule has 0 saturated heterocycles. The van der Waals surface area contributed by atoms with Crippen LogP contribution < -0.4 is 5.32 Å². The van der Waals surface area contributed by atoms with Gasteiger partial charge in [-0.1, -0.05) is 18.6 Å². The second kappa shape index (κ2) is 7.64. The fourth-order valence-electron chi connectivity index (χ4n) is 2.63. The minimum atomic E-state index is -0.765. The van der Waals surface area contributed by atoms with Gasteiger partial charge in [-0.2, -0.15) is 0 Å². The SMILES string of the molecule is Cc1cccc2[nH]cc(CC(=O)NCCCCCC(=O)O)c12. The Balaban J connectivity index is 1.78. The van der Waals surface area contributed by atoms with Gasteiger partial charge in [0.1, 0.15) is 0 Å². The third-order valence-electron chi connectivity index (χ3n) is 3.74. The molecule has 0 atom stereocenters. The van der Waals surface area contributed by atoms with Crippen molar-refractivity contribution in [2.45, 2.75) is 39.0 Å². The molecule has 3 N–H and O–H groups in total. The van der Waals surface area contributed by atoms with E-state index in [4.69, 9.17) is 5.11 Å². The highest BCUT2D eigenvalue weighted by atomic mass is 16.4. The summed E-state index contributed by atoms with van der Waals surface area (Å²) in [5.74, 6) is -0.763. The van der Waals surface area contributed by atoms with Crippen molar-refractivity contribution in [2.24, 2.45) is 0 Å². The number of aliphatic carboxylic acids is 1. The molecule has 1 amide bonds. The van der Waals surface area contributed by atoms with Gasteiger partial charge < -0.3 is 15.4 Å². The number of nitrogens with one attached hydrogen (secondary N) is 2. The Labute approximate surface area is 129 Å². The molecule has 0 radical (unpaired) electrons. The highest BCUT2D eigenvalue weighted by Crippen LogP contribution is 2.22. The van der Waals surface area contributed by atoms with Crippen molar-refractivity contribution in [3.05, 3.63) is 35.5 Å². The summed E-state index contributed by atoms with van der Waals surface area (Å²) < 4.78 is 0. The molecule has 2 aromatic rings. The van der Waals surface area contributed by atoms with Crippen LogP contribution in [0.15, 0.2) is 24.4 Å². The zero-order chi connectivity index (χ0) is 15.9. The summed E-state index contributed by atoms with van der Waals surface area (Å²) in [5, 5.41) is 12.6. The molecule has 118 valence electrons. The summed E-state index contributed by atoms with van der Waals surface area (Å²) in [6, 6.07) is 6.04. The summed E-state index contributed by atoms with van der Waals surface area (Å²) in [7, 11) is 0. The quantitative estimate of drug-likeness (QED) is 0.656. The Morgan fingerprint density at radius 1 is 1.23 bits per heavy atom. The van der Waals surface area contributed by atoms with E-state index in [2.05, 4.69) is 10.3 Å². The molecule has 0 aliphatic carbocycles. The molecule has 0 saturated carbocycles. The number of carbonyl (C=O) groups is 2. The number of fused-ring (bicyclic) bond motifs is 1. The highest BCUT2D eigenvalue weighted by molar-refractivity contribution is 5.90. The lowest BCUT2D eigenvalue weighted by Crippen LogP contribution is -2.26. The van der Waals surface area contributed by atoms with Crippen LogP contribution in [-0.4, -0.2) is 28.5 Å². The predicted octanol–water partition coefficient (Wildman–Crippen LogP) is 2.78. The summed E-state index contributed by atoms with van der Waals surface area (Å²) in [6.07, 6.45) is 4.74. The van der Waals surface area contributed by atoms with Crippen molar-refractivity contribution in [2.75, 3.05) is 6.54 Å². The molecule has 0 bridgehead atoms. The minimum Gasteiger partial charge on any atom is -0.481 e. The molecule has 1 aromatic heterocycles. The van der Waals surface area contributed by atoms with Crippen LogP contribution in [0.2, 0.25) is 0 Å². The lowest BCUT2D eigenvalue weighted by Gasteiger charge is -2.05. The second-order valence-electron chi connectivity index (χ2n) is 5.54. The van der Waals surface area contributed by atoms with Crippen molar-refractivity contribution in [1.29, 1.82) is 0 Å². The smallest absolute Gasteiger partial charge is 0.303 e. The third kappa shape index (κ3) is 4.35. The van der Waals surface area contributed by atoms with Crippen LogP contribution in [0.4, 0.5) is 0 Å². The van der Waals surface area contributed by atoms with E-state index in [0.29, 0.717) is 19.4 Å². The molecule has 0 unspecified atom stereocenters. The van der Waals surface area contributed by atoms with Crippen LogP contribution in [0.25, 0.3) is 10.9 Å². The summed E-state index contributed by atoms with van der Waals surface area (Å²) >= 11 is 0. The van der Waals surface area contributed by atoms with Crippen LogP contribution in [0.3, 0.4) is 0 Å². The highest BCUT2D eigenvalue weighted by Gasteiger charge is 2.10. The van der Waals surface area contributed by atoms with Gasteiger partial charge in [0.05, 0.1) is 6.42 Å². The number of aryl methyl sites for hydroxylation is 1. The first kappa shape index (κ1) is 16.1. The van der Waals surface area contributed by atoms with E-state index in [-0.39, 0.29) is 12.3 Å². The second-order valence-corrected chi connectivity index (χ2v) is 5.54. The lowest BCUT2D eigenvalue weighted by atomic mass is 10.1. The third-order valence-corrected chi connectivity index (χ3v) is 3.74. The Hall–Kier alpha value is -2.30. The minimum absolute atomic E-state index is 0.00221. The van der Waals surface area contributed by atoms with Gasteiger partial charge in [0.2, 0.25) is 5.91 Å². The normalized spacial score (nSPS) is 10.8. The Kier molecular flexibility index (Phi) is 5.58. The molecule has 2 rings (SSSR count). The van der Waals surface area contributed by atoms with E-state index in [1.165, 1.54) is 0 Å². The molecule has 0 spiro atoms. The average Bonchev–Trinajstić information content (AvgIpc) is 2.87. The van der Waals surface area contributed by atoms with E-state index in [1.54, 1.807) is 0 Å². The molecular weight excluding hydrogens is 280 g/mol. The number of hydrogen-bond donors (Lipinski definition) is 3. The zero-order valence-corrected chi connectivity index (χ0v) is 12.8. The van der Waals surface area contributed by atoms with E-state index >= 15 is 0 Å². The van der Waals surface area contributed by atoms with Crippen LogP contribution in [0, 0.1) is 6.92 Å². The van der Waals surface area contributed by atoms with Crippen LogP contribution in [0.1, 0.15) is 36.8 Å². The number of amides is 1. The first-order chi connectivity index (χ1) is 10.6. The van der Waals surface area contributed by atoms with Crippen LogP contribution in [-0.2, 0) is 16.0 Å². The molecule has 1 heterocycles. The van der Waals surface area contributed by atoms with E-state index in [9.17, 15) is 9.59 Å². The van der Waals surface area contributed by atoms with Gasteiger partial charge in [-0.15, -0.1) is 0 Å². The number of aromatic amines is 1. The van der Waals surface area contributed by atoms with Gasteiger partial charge in [-0.3, -0.25) is 9.59 Å². The van der Waals surface area contributed by atoms with Gasteiger partial charge in [0.25, 0.3) is 0 Å². The number of rotatable bonds is 8. The monoisotopic (exact) mass is 302 g/mol. The first-order valence-corrected chi connectivity index (χ1v) is 7.62. The van der Waals surface area contributed by atoms with Gasteiger partial charge in [0.15, 0.2) is 0 Å². The maximum atomic E-state index is 12.0. The summed E-state index contributed by atoms with van der Waals surface area (Å²) in [5.41, 5.74) is 3.23. The zero-order valence-electron chi connectivity index (χ0n) is 12.8. The van der Waals surface area contributed by atoms with Gasteiger partial charge in [-0.05, 0) is 37.0 Å². The fraction of sp³-hybridized carbons (Fsp3) is 0.412. The molecule has 0 aliphatic heterocycles. The fourth-order valence-corrected chi connectivity index (χ4v) is 2.63. The number of hydrogen-bond acceptors (Lipinski definition) is 2. The number of benzene rings is 1. The molecular formula is C17H22N2O3. The average molecular weight is 302 g/mol. The standard InChI is InChI=1S/C17H22N2O3/c1-12-6-5-7-14-17(12)13(11-19-14)10-15(20)18-9-4-2-3-8-16(21)22/h5-7,11,19H,2-4,8-10H2,1H3,(H,18,20)(H,21,22). The first-order valence-electron chi connectivity index (χ1n) is 7.62. The number of carboxylic acid groups (broad SMARTS) is 1. The molecule has 0 aliphatic rings. The van der Waals surface area contributed by atoms with Gasteiger partial charge in [0, 0.05) is 30.1 Å². The number of aromatic nitrogens is 1. The largest absolute Gasteiger partial charge is 0.481 e. The van der Waals surface area contributed by atoms with Crippen molar-refractivity contribution in [3.8, 4) is 0 Å². The number of carboxylic acids is 1. The van der Waals surface area contributed by atoms with Crippen LogP contribution >= 0.6 is 0 Å². The maximum Gasteiger partial charge on any atom is 0.303 e. The lowest BCUT2D eigenvalue weighted by molar-refractivity contribution is -0.137. The van der Waals surface area contributed by atoms with E-state index in [0.717, 1.165) is 34.9 Å². The molecule has 1 aromatic carbocycles. The molecule has 0 fully saturated rings. The number of carbonyl (C=O) groups excluding carboxylic acids is 1. The van der Waals surface area contributed by atoms with E-state index < -0.39 is 5.97 Å². The predicted molar refractivity (Wildman–Crippen MR) is 85.9 cm³/mol. The maximum absolute atomic E-state index is 12.0. The molecule has 5 nitrogen and oxygen atoms in total. The van der Waals surface area contributed by atoms with Crippen LogP contribution in [0.5, 0.6) is 0 Å². The Morgan fingerprint density at radius 3 is 2.82 bits per heavy atom. The van der Waals surface area contributed by atoms with Crippen molar-refractivity contribution in [1.82, 2.24) is 10.3 Å². The summed E-state index contributed by atoms with van der Waals surface area (Å²) in [6.45, 7) is 2.64. The number of unbranched alkanes of at least 4 members (excludes halogenated alkanes) is 2.